The van der Waals surface area contributed by atoms with Crippen LogP contribution >= 0.6 is 11.8 Å². The van der Waals surface area contributed by atoms with Crippen LogP contribution in [0.15, 0.2) is 114 Å². The van der Waals surface area contributed by atoms with Crippen LogP contribution in [0.5, 0.6) is 5.75 Å². The van der Waals surface area contributed by atoms with E-state index in [1.807, 2.05) is 78.9 Å². The molecule has 0 aliphatic rings. The molecule has 0 fully saturated rings. The minimum Gasteiger partial charge on any atom is -0.496 e. The lowest BCUT2D eigenvalue weighted by molar-refractivity contribution is -0.136. The lowest BCUT2D eigenvalue weighted by atomic mass is 9.79. The van der Waals surface area contributed by atoms with Crippen molar-refractivity contribution in [3.63, 3.8) is 0 Å². The van der Waals surface area contributed by atoms with E-state index in [2.05, 4.69) is 30.3 Å². The lowest BCUT2D eigenvalue weighted by Gasteiger charge is -2.36. The van der Waals surface area contributed by atoms with Gasteiger partial charge in [-0.3, -0.25) is 4.79 Å². The van der Waals surface area contributed by atoms with E-state index in [0.717, 1.165) is 38.7 Å². The summed E-state index contributed by atoms with van der Waals surface area (Å²) < 4.78 is 12.7. The molecule has 0 atom stereocenters. The van der Waals surface area contributed by atoms with Crippen LogP contribution < -0.4 is 4.74 Å². The van der Waals surface area contributed by atoms with Crippen LogP contribution in [0.3, 0.4) is 0 Å². The maximum absolute atomic E-state index is 10.8. The first-order valence-electron chi connectivity index (χ1n) is 12.0. The quantitative estimate of drug-likeness (QED) is 0.132. The van der Waals surface area contributed by atoms with Crippen LogP contribution in [-0.2, 0) is 21.6 Å². The maximum Gasteiger partial charge on any atom is 0.303 e. The second kappa shape index (κ2) is 12.4. The fraction of sp³-hybridized carbons (Fsp3) is 0.194. The van der Waals surface area contributed by atoms with Crippen molar-refractivity contribution in [1.82, 2.24) is 0 Å². The van der Waals surface area contributed by atoms with Gasteiger partial charge in [0.05, 0.1) is 13.7 Å². The highest BCUT2D eigenvalue weighted by atomic mass is 32.2. The first-order valence-corrected chi connectivity index (χ1v) is 12.9. The lowest BCUT2D eigenvalue weighted by Crippen LogP contribution is -2.34. The highest BCUT2D eigenvalue weighted by molar-refractivity contribution is 7.99. The molecule has 1 N–H and O–H groups in total. The predicted molar refractivity (Wildman–Crippen MR) is 145 cm³/mol. The van der Waals surface area contributed by atoms with Crippen molar-refractivity contribution in [3.05, 3.63) is 131 Å². The van der Waals surface area contributed by atoms with Gasteiger partial charge >= 0.3 is 5.97 Å². The van der Waals surface area contributed by atoms with Gasteiger partial charge < -0.3 is 14.6 Å². The number of carboxylic acids is 1. The molecule has 184 valence electrons. The molecule has 4 rings (SSSR count). The third-order valence-corrected chi connectivity index (χ3v) is 7.04. The molecule has 0 aliphatic carbocycles. The summed E-state index contributed by atoms with van der Waals surface area (Å²) in [5.41, 5.74) is 3.22. The van der Waals surface area contributed by atoms with Gasteiger partial charge in [0, 0.05) is 22.6 Å². The highest BCUT2D eigenvalue weighted by Crippen LogP contribution is 2.44. The van der Waals surface area contributed by atoms with Crippen LogP contribution in [0.25, 0.3) is 0 Å². The molecular weight excluding hydrogens is 468 g/mol. The number of carbonyl (C=O) groups is 1. The Bertz CT molecular complexity index is 1200. The molecule has 5 heteroatoms. The fourth-order valence-corrected chi connectivity index (χ4v) is 5.09. The Morgan fingerprint density at radius 3 is 1.97 bits per heavy atom. The number of carboxylic acid groups (broad SMARTS) is 1. The zero-order chi connectivity index (χ0) is 25.2. The third kappa shape index (κ3) is 5.99. The molecule has 0 heterocycles. The van der Waals surface area contributed by atoms with Crippen molar-refractivity contribution in [2.24, 2.45) is 0 Å². The number of methoxy groups -OCH3 is 1. The molecule has 4 aromatic carbocycles. The van der Waals surface area contributed by atoms with Gasteiger partial charge in [0.1, 0.15) is 11.4 Å². The SMILES string of the molecule is COc1ccccc1C(OCCSc1ccc(CCC(=O)O)cc1)(c1ccccc1)c1ccccc1. The molecule has 0 bridgehead atoms. The Hall–Kier alpha value is -3.54. The van der Waals surface area contributed by atoms with E-state index in [9.17, 15) is 4.79 Å². The minimum atomic E-state index is -0.837. The van der Waals surface area contributed by atoms with Crippen LogP contribution in [-0.4, -0.2) is 30.5 Å². The number of ether oxygens (including phenoxy) is 2. The van der Waals surface area contributed by atoms with Crippen molar-refractivity contribution in [2.45, 2.75) is 23.3 Å². The van der Waals surface area contributed by atoms with Crippen molar-refractivity contribution in [3.8, 4) is 5.75 Å². The summed E-state index contributed by atoms with van der Waals surface area (Å²) in [6.45, 7) is 0.507. The molecular formula is C31H30O4S. The van der Waals surface area contributed by atoms with Gasteiger partial charge in [-0.2, -0.15) is 0 Å². The van der Waals surface area contributed by atoms with E-state index < -0.39 is 11.6 Å². The monoisotopic (exact) mass is 498 g/mol. The Morgan fingerprint density at radius 1 is 0.806 bits per heavy atom. The smallest absolute Gasteiger partial charge is 0.303 e. The minimum absolute atomic E-state index is 0.143. The third-order valence-electron chi connectivity index (χ3n) is 6.07. The van der Waals surface area contributed by atoms with Crippen molar-refractivity contribution >= 4 is 17.7 Å². The average molecular weight is 499 g/mol. The molecule has 0 spiro atoms. The number of hydrogen-bond donors (Lipinski definition) is 1. The number of rotatable bonds is 12. The first-order chi connectivity index (χ1) is 17.6. The van der Waals surface area contributed by atoms with Crippen LogP contribution in [0.2, 0.25) is 0 Å². The second-order valence-electron chi connectivity index (χ2n) is 8.35. The molecule has 0 aliphatic heterocycles. The Labute approximate surface area is 216 Å². The van der Waals surface area contributed by atoms with E-state index in [1.165, 1.54) is 0 Å². The zero-order valence-corrected chi connectivity index (χ0v) is 21.1. The molecule has 0 saturated heterocycles. The molecule has 36 heavy (non-hydrogen) atoms. The summed E-state index contributed by atoms with van der Waals surface area (Å²) in [7, 11) is 1.69. The van der Waals surface area contributed by atoms with Crippen LogP contribution in [0.4, 0.5) is 0 Å². The van der Waals surface area contributed by atoms with Gasteiger partial charge in [0.15, 0.2) is 0 Å². The fourth-order valence-electron chi connectivity index (χ4n) is 4.36. The number of thioether (sulfide) groups is 1. The average Bonchev–Trinajstić information content (AvgIpc) is 2.94. The molecule has 4 aromatic rings. The molecule has 4 nitrogen and oxygen atoms in total. The van der Waals surface area contributed by atoms with E-state index in [1.54, 1.807) is 18.9 Å². The van der Waals surface area contributed by atoms with E-state index in [-0.39, 0.29) is 6.42 Å². The number of aryl methyl sites for hydroxylation is 1. The maximum atomic E-state index is 10.8. The standard InChI is InChI=1S/C31H30O4S/c1-34-29-15-9-8-14-28(29)31(25-10-4-2-5-11-25,26-12-6-3-7-13-26)35-22-23-36-27-19-16-24(17-20-27)18-21-30(32)33/h2-17,19-20H,18,21-23H2,1H3,(H,32,33). The van der Waals surface area contributed by atoms with Gasteiger partial charge in [0.2, 0.25) is 0 Å². The topological polar surface area (TPSA) is 55.8 Å². The summed E-state index contributed by atoms with van der Waals surface area (Å²) >= 11 is 1.72. The van der Waals surface area contributed by atoms with Gasteiger partial charge in [-0.05, 0) is 41.3 Å². The molecule has 0 saturated carbocycles. The predicted octanol–water partition coefficient (Wildman–Crippen LogP) is 6.81. The van der Waals surface area contributed by atoms with E-state index in [4.69, 9.17) is 14.6 Å². The second-order valence-corrected chi connectivity index (χ2v) is 9.52. The summed E-state index contributed by atoms with van der Waals surface area (Å²) in [4.78, 5) is 11.9. The van der Waals surface area contributed by atoms with Gasteiger partial charge in [-0.15, -0.1) is 11.8 Å². The van der Waals surface area contributed by atoms with E-state index in [0.29, 0.717) is 13.0 Å². The largest absolute Gasteiger partial charge is 0.496 e. The van der Waals surface area contributed by atoms with Gasteiger partial charge in [0.25, 0.3) is 0 Å². The van der Waals surface area contributed by atoms with Crippen molar-refractivity contribution in [2.75, 3.05) is 19.5 Å². The normalized spacial score (nSPS) is 11.2. The Morgan fingerprint density at radius 2 is 1.39 bits per heavy atom. The number of para-hydroxylation sites is 1. The van der Waals surface area contributed by atoms with Crippen molar-refractivity contribution in [1.29, 1.82) is 0 Å². The Kier molecular flexibility index (Phi) is 8.82. The molecule has 0 amide bonds. The number of aliphatic carboxylic acids is 1. The molecule has 0 aromatic heterocycles. The zero-order valence-electron chi connectivity index (χ0n) is 20.3. The van der Waals surface area contributed by atoms with Crippen LogP contribution in [0, 0.1) is 0 Å². The number of benzene rings is 4. The van der Waals surface area contributed by atoms with Gasteiger partial charge in [-0.1, -0.05) is 91.0 Å². The Balaban J connectivity index is 1.60. The summed E-state index contributed by atoms with van der Waals surface area (Å²) in [5, 5.41) is 8.89. The first kappa shape index (κ1) is 25.5. The van der Waals surface area contributed by atoms with Crippen LogP contribution in [0.1, 0.15) is 28.7 Å². The molecule has 0 radical (unpaired) electrons. The van der Waals surface area contributed by atoms with E-state index >= 15 is 0 Å². The van der Waals surface area contributed by atoms with Crippen molar-refractivity contribution < 1.29 is 19.4 Å². The van der Waals surface area contributed by atoms with Gasteiger partial charge in [-0.25, -0.2) is 0 Å². The number of hydrogen-bond acceptors (Lipinski definition) is 4. The summed E-state index contributed by atoms with van der Waals surface area (Å²) in [5.74, 6) is 0.751. The summed E-state index contributed by atoms with van der Waals surface area (Å²) in [6, 6.07) is 36.7. The summed E-state index contributed by atoms with van der Waals surface area (Å²) in [6.07, 6.45) is 0.684. The highest BCUT2D eigenvalue weighted by Gasteiger charge is 2.39. The molecule has 0 unspecified atom stereocenters.